The summed E-state index contributed by atoms with van der Waals surface area (Å²) in [7, 11) is 1.56. The van der Waals surface area contributed by atoms with Crippen LogP contribution in [0.1, 0.15) is 15.9 Å². The second kappa shape index (κ2) is 8.38. The highest BCUT2D eigenvalue weighted by Crippen LogP contribution is 2.20. The van der Waals surface area contributed by atoms with Crippen LogP contribution >= 0.6 is 0 Å². The SMILES string of the molecule is COc1ccccc1C(=O)N1CCN(C(=O)NCc2ccccc2)CC1. The Morgan fingerprint density at radius 1 is 0.923 bits per heavy atom. The van der Waals surface area contributed by atoms with Crippen LogP contribution in [0.25, 0.3) is 0 Å². The van der Waals surface area contributed by atoms with Gasteiger partial charge >= 0.3 is 6.03 Å². The minimum atomic E-state index is -0.0988. The van der Waals surface area contributed by atoms with Crippen LogP contribution in [0.3, 0.4) is 0 Å². The van der Waals surface area contributed by atoms with Crippen molar-refractivity contribution in [3.63, 3.8) is 0 Å². The van der Waals surface area contributed by atoms with Crippen molar-refractivity contribution in [1.29, 1.82) is 0 Å². The lowest BCUT2D eigenvalue weighted by molar-refractivity contribution is 0.0661. The highest BCUT2D eigenvalue weighted by atomic mass is 16.5. The summed E-state index contributed by atoms with van der Waals surface area (Å²) in [4.78, 5) is 28.5. The Labute approximate surface area is 153 Å². The highest BCUT2D eigenvalue weighted by Gasteiger charge is 2.26. The van der Waals surface area contributed by atoms with Crippen molar-refractivity contribution >= 4 is 11.9 Å². The maximum atomic E-state index is 12.7. The van der Waals surface area contributed by atoms with Gasteiger partial charge in [-0.3, -0.25) is 4.79 Å². The van der Waals surface area contributed by atoms with Crippen molar-refractivity contribution in [2.75, 3.05) is 33.3 Å². The summed E-state index contributed by atoms with van der Waals surface area (Å²) in [5, 5.41) is 2.93. The number of rotatable bonds is 4. The molecule has 0 radical (unpaired) electrons. The van der Waals surface area contributed by atoms with Crippen LogP contribution < -0.4 is 10.1 Å². The molecule has 26 heavy (non-hydrogen) atoms. The van der Waals surface area contributed by atoms with Crippen molar-refractivity contribution in [3.05, 3.63) is 65.7 Å². The molecule has 1 saturated heterocycles. The van der Waals surface area contributed by atoms with Crippen LogP contribution in [0.2, 0.25) is 0 Å². The van der Waals surface area contributed by atoms with Gasteiger partial charge in [0.15, 0.2) is 0 Å². The van der Waals surface area contributed by atoms with Gasteiger partial charge in [-0.1, -0.05) is 42.5 Å². The standard InChI is InChI=1S/C20H23N3O3/c1-26-18-10-6-5-9-17(18)19(24)22-11-13-23(14-12-22)20(25)21-15-16-7-3-2-4-8-16/h2-10H,11-15H2,1H3,(H,21,25). The molecule has 3 amide bonds. The fourth-order valence-electron chi connectivity index (χ4n) is 2.99. The number of hydrogen-bond donors (Lipinski definition) is 1. The monoisotopic (exact) mass is 353 g/mol. The predicted molar refractivity (Wildman–Crippen MR) is 99.1 cm³/mol. The van der Waals surface area contributed by atoms with Crippen molar-refractivity contribution in [1.82, 2.24) is 15.1 Å². The molecular formula is C20H23N3O3. The number of para-hydroxylation sites is 1. The van der Waals surface area contributed by atoms with Gasteiger partial charge in [0.1, 0.15) is 5.75 Å². The smallest absolute Gasteiger partial charge is 0.317 e. The summed E-state index contributed by atoms with van der Waals surface area (Å²) in [6.45, 7) is 2.55. The number of urea groups is 1. The van der Waals surface area contributed by atoms with Gasteiger partial charge in [-0.05, 0) is 17.7 Å². The molecule has 1 aliphatic heterocycles. The first kappa shape index (κ1) is 17.8. The number of carbonyl (C=O) groups excluding carboxylic acids is 2. The number of benzene rings is 2. The summed E-state index contributed by atoms with van der Waals surface area (Å²) in [6, 6.07) is 16.9. The third kappa shape index (κ3) is 4.14. The number of carbonyl (C=O) groups is 2. The molecule has 6 heteroatoms. The van der Waals surface area contributed by atoms with E-state index in [4.69, 9.17) is 4.74 Å². The molecule has 0 unspecified atom stereocenters. The van der Waals surface area contributed by atoms with Crippen molar-refractivity contribution in [2.45, 2.75) is 6.54 Å². The molecule has 0 atom stereocenters. The zero-order chi connectivity index (χ0) is 18.4. The molecule has 1 fully saturated rings. The largest absolute Gasteiger partial charge is 0.496 e. The number of hydrogen-bond acceptors (Lipinski definition) is 3. The quantitative estimate of drug-likeness (QED) is 0.918. The number of nitrogens with zero attached hydrogens (tertiary/aromatic N) is 2. The van der Waals surface area contributed by atoms with Gasteiger partial charge in [-0.2, -0.15) is 0 Å². The number of ether oxygens (including phenoxy) is 1. The van der Waals surface area contributed by atoms with Crippen LogP contribution in [-0.2, 0) is 6.54 Å². The predicted octanol–water partition coefficient (Wildman–Crippen LogP) is 2.36. The third-order valence-corrected chi connectivity index (χ3v) is 4.48. The topological polar surface area (TPSA) is 61.9 Å². The molecule has 2 aromatic carbocycles. The molecule has 3 rings (SSSR count). The Balaban J connectivity index is 1.52. The van der Waals surface area contributed by atoms with E-state index in [1.54, 1.807) is 29.0 Å². The van der Waals surface area contributed by atoms with E-state index in [9.17, 15) is 9.59 Å². The molecule has 0 saturated carbocycles. The minimum Gasteiger partial charge on any atom is -0.496 e. The lowest BCUT2D eigenvalue weighted by Crippen LogP contribution is -2.53. The Bertz CT molecular complexity index is 756. The number of methoxy groups -OCH3 is 1. The molecule has 0 bridgehead atoms. The molecule has 1 aliphatic rings. The average Bonchev–Trinajstić information content (AvgIpc) is 2.72. The second-order valence-corrected chi connectivity index (χ2v) is 6.12. The van der Waals surface area contributed by atoms with E-state index in [-0.39, 0.29) is 11.9 Å². The summed E-state index contributed by atoms with van der Waals surface area (Å²) in [5.41, 5.74) is 1.61. The van der Waals surface area contributed by atoms with Crippen LogP contribution in [0.4, 0.5) is 4.79 Å². The van der Waals surface area contributed by atoms with Gasteiger partial charge < -0.3 is 19.9 Å². The highest BCUT2D eigenvalue weighted by molar-refractivity contribution is 5.97. The number of nitrogens with one attached hydrogen (secondary N) is 1. The summed E-state index contributed by atoms with van der Waals surface area (Å²) < 4.78 is 5.27. The first-order chi connectivity index (χ1) is 12.7. The number of amides is 3. The fraction of sp³-hybridized carbons (Fsp3) is 0.300. The maximum absolute atomic E-state index is 12.7. The summed E-state index contributed by atoms with van der Waals surface area (Å²) in [6.07, 6.45) is 0. The van der Waals surface area contributed by atoms with Gasteiger partial charge in [0.05, 0.1) is 12.7 Å². The summed E-state index contributed by atoms with van der Waals surface area (Å²) in [5.74, 6) is 0.507. The molecule has 0 aromatic heterocycles. The van der Waals surface area contributed by atoms with Crippen molar-refractivity contribution < 1.29 is 14.3 Å². The van der Waals surface area contributed by atoms with Crippen LogP contribution in [0.15, 0.2) is 54.6 Å². The number of piperazine rings is 1. The van der Waals surface area contributed by atoms with Gasteiger partial charge in [-0.25, -0.2) is 4.79 Å². The van der Waals surface area contributed by atoms with Crippen LogP contribution in [-0.4, -0.2) is 55.0 Å². The first-order valence-electron chi connectivity index (χ1n) is 8.68. The molecular weight excluding hydrogens is 330 g/mol. The zero-order valence-electron chi connectivity index (χ0n) is 14.9. The Hall–Kier alpha value is -3.02. The van der Waals surface area contributed by atoms with E-state index >= 15 is 0 Å². The minimum absolute atomic E-state index is 0.0632. The van der Waals surface area contributed by atoms with Gasteiger partial charge in [0.25, 0.3) is 5.91 Å². The molecule has 136 valence electrons. The third-order valence-electron chi connectivity index (χ3n) is 4.48. The van der Waals surface area contributed by atoms with Gasteiger partial charge in [0.2, 0.25) is 0 Å². The van der Waals surface area contributed by atoms with E-state index in [0.29, 0.717) is 44.0 Å². The molecule has 0 spiro atoms. The normalized spacial score (nSPS) is 14.0. The average molecular weight is 353 g/mol. The van der Waals surface area contributed by atoms with E-state index in [1.165, 1.54) is 0 Å². The zero-order valence-corrected chi connectivity index (χ0v) is 14.9. The van der Waals surface area contributed by atoms with Crippen molar-refractivity contribution in [2.24, 2.45) is 0 Å². The van der Waals surface area contributed by atoms with Gasteiger partial charge in [-0.15, -0.1) is 0 Å². The lowest BCUT2D eigenvalue weighted by Gasteiger charge is -2.35. The maximum Gasteiger partial charge on any atom is 0.317 e. The van der Waals surface area contributed by atoms with Crippen LogP contribution in [0, 0.1) is 0 Å². The molecule has 2 aromatic rings. The molecule has 1 N–H and O–H groups in total. The molecule has 6 nitrogen and oxygen atoms in total. The molecule has 0 aliphatic carbocycles. The van der Waals surface area contributed by atoms with Crippen LogP contribution in [0.5, 0.6) is 5.75 Å². The Morgan fingerprint density at radius 3 is 2.23 bits per heavy atom. The van der Waals surface area contributed by atoms with Crippen molar-refractivity contribution in [3.8, 4) is 5.75 Å². The molecule has 1 heterocycles. The Morgan fingerprint density at radius 2 is 1.54 bits per heavy atom. The van der Waals surface area contributed by atoms with E-state index in [2.05, 4.69) is 5.32 Å². The first-order valence-corrected chi connectivity index (χ1v) is 8.68. The second-order valence-electron chi connectivity index (χ2n) is 6.12. The van der Waals surface area contributed by atoms with E-state index in [0.717, 1.165) is 5.56 Å². The Kier molecular flexibility index (Phi) is 5.73. The van der Waals surface area contributed by atoms with Gasteiger partial charge in [0, 0.05) is 32.7 Å². The van der Waals surface area contributed by atoms with E-state index in [1.807, 2.05) is 42.5 Å². The lowest BCUT2D eigenvalue weighted by atomic mass is 10.1. The fourth-order valence-corrected chi connectivity index (χ4v) is 2.99. The summed E-state index contributed by atoms with van der Waals surface area (Å²) >= 11 is 0. The van der Waals surface area contributed by atoms with E-state index < -0.39 is 0 Å².